The molecule has 0 aliphatic carbocycles. The van der Waals surface area contributed by atoms with E-state index in [1.165, 1.54) is 0 Å². The summed E-state index contributed by atoms with van der Waals surface area (Å²) in [5.74, 6) is 1.76. The number of halogens is 1. The van der Waals surface area contributed by atoms with Crippen molar-refractivity contribution in [1.29, 1.82) is 0 Å². The molecule has 0 N–H and O–H groups in total. The van der Waals surface area contributed by atoms with Gasteiger partial charge in [-0.1, -0.05) is 17.7 Å². The SMILES string of the molecule is COc1cc([C@H]2N(c3cccc(Cl)c3)C(=O)[C@@H]3CCCN32)cc(OC)c1OC. The van der Waals surface area contributed by atoms with Crippen LogP contribution in [0.15, 0.2) is 36.4 Å². The third-order valence-electron chi connectivity index (χ3n) is 5.45. The molecule has 1 amide bonds. The number of amides is 1. The lowest BCUT2D eigenvalue weighted by Crippen LogP contribution is -2.32. The number of hydrogen-bond acceptors (Lipinski definition) is 5. The highest BCUT2D eigenvalue weighted by molar-refractivity contribution is 6.31. The second kappa shape index (κ2) is 7.53. The summed E-state index contributed by atoms with van der Waals surface area (Å²) in [7, 11) is 4.76. The molecule has 2 aromatic carbocycles. The van der Waals surface area contributed by atoms with E-state index in [9.17, 15) is 4.79 Å². The van der Waals surface area contributed by atoms with Gasteiger partial charge in [0.05, 0.1) is 27.4 Å². The Kier molecular flexibility index (Phi) is 5.08. The molecule has 0 bridgehead atoms. The van der Waals surface area contributed by atoms with Gasteiger partial charge in [0, 0.05) is 17.3 Å². The van der Waals surface area contributed by atoms with Gasteiger partial charge < -0.3 is 14.2 Å². The predicted octanol–water partition coefficient (Wildman–Crippen LogP) is 3.88. The number of anilines is 1. The van der Waals surface area contributed by atoms with Crippen molar-refractivity contribution >= 4 is 23.2 Å². The first-order valence-corrected chi connectivity index (χ1v) is 9.61. The molecule has 2 aromatic rings. The van der Waals surface area contributed by atoms with Gasteiger partial charge >= 0.3 is 0 Å². The molecule has 28 heavy (non-hydrogen) atoms. The number of carbonyl (C=O) groups excluding carboxylic acids is 1. The summed E-state index contributed by atoms with van der Waals surface area (Å²) in [5, 5.41) is 0.598. The Morgan fingerprint density at radius 2 is 1.75 bits per heavy atom. The number of benzene rings is 2. The summed E-state index contributed by atoms with van der Waals surface area (Å²) < 4.78 is 16.5. The van der Waals surface area contributed by atoms with Gasteiger partial charge in [-0.2, -0.15) is 0 Å². The first-order valence-electron chi connectivity index (χ1n) is 9.23. The highest BCUT2D eigenvalue weighted by Crippen LogP contribution is 2.47. The van der Waals surface area contributed by atoms with E-state index in [1.54, 1.807) is 27.4 Å². The monoisotopic (exact) mass is 402 g/mol. The van der Waals surface area contributed by atoms with Crippen LogP contribution in [0.4, 0.5) is 5.69 Å². The first kappa shape index (κ1) is 18.9. The van der Waals surface area contributed by atoms with Crippen molar-refractivity contribution in [3.05, 3.63) is 47.0 Å². The van der Waals surface area contributed by atoms with Crippen molar-refractivity contribution in [3.8, 4) is 17.2 Å². The largest absolute Gasteiger partial charge is 0.493 e. The molecule has 2 saturated heterocycles. The highest BCUT2D eigenvalue weighted by atomic mass is 35.5. The van der Waals surface area contributed by atoms with Gasteiger partial charge in [-0.15, -0.1) is 0 Å². The van der Waals surface area contributed by atoms with E-state index in [4.69, 9.17) is 25.8 Å². The Morgan fingerprint density at radius 1 is 1.04 bits per heavy atom. The molecular formula is C21H23ClN2O4. The zero-order valence-corrected chi connectivity index (χ0v) is 16.9. The molecule has 2 atom stereocenters. The molecule has 2 heterocycles. The van der Waals surface area contributed by atoms with Crippen molar-refractivity contribution in [3.63, 3.8) is 0 Å². The van der Waals surface area contributed by atoms with Crippen molar-refractivity contribution in [2.45, 2.75) is 25.0 Å². The summed E-state index contributed by atoms with van der Waals surface area (Å²) in [6, 6.07) is 11.1. The van der Waals surface area contributed by atoms with E-state index >= 15 is 0 Å². The maximum Gasteiger partial charge on any atom is 0.246 e. The number of nitrogens with zero attached hydrogens (tertiary/aromatic N) is 2. The number of fused-ring (bicyclic) bond motifs is 1. The van der Waals surface area contributed by atoms with Crippen molar-refractivity contribution in [2.24, 2.45) is 0 Å². The summed E-state index contributed by atoms with van der Waals surface area (Å²) in [6.07, 6.45) is 1.60. The van der Waals surface area contributed by atoms with Crippen molar-refractivity contribution < 1.29 is 19.0 Å². The summed E-state index contributed by atoms with van der Waals surface area (Å²) in [5.41, 5.74) is 1.69. The molecule has 2 aliphatic heterocycles. The lowest BCUT2D eigenvalue weighted by atomic mass is 10.1. The first-order chi connectivity index (χ1) is 13.6. The average molecular weight is 403 g/mol. The van der Waals surface area contributed by atoms with Gasteiger partial charge in [0.2, 0.25) is 11.7 Å². The van der Waals surface area contributed by atoms with Crippen LogP contribution in [0.3, 0.4) is 0 Å². The Labute approximate surface area is 169 Å². The Bertz CT molecular complexity index is 879. The molecule has 6 nitrogen and oxygen atoms in total. The molecule has 0 unspecified atom stereocenters. The molecule has 4 rings (SSSR count). The van der Waals surface area contributed by atoms with E-state index in [0.717, 1.165) is 30.6 Å². The summed E-state index contributed by atoms with van der Waals surface area (Å²) >= 11 is 6.21. The Balaban J connectivity index is 1.86. The number of methoxy groups -OCH3 is 3. The molecular weight excluding hydrogens is 380 g/mol. The van der Waals surface area contributed by atoms with Gasteiger partial charge in [0.1, 0.15) is 6.17 Å². The molecule has 2 fully saturated rings. The van der Waals surface area contributed by atoms with Crippen LogP contribution in [-0.4, -0.2) is 44.7 Å². The summed E-state index contributed by atoms with van der Waals surface area (Å²) in [6.45, 7) is 0.856. The molecule has 2 aliphatic rings. The van der Waals surface area contributed by atoms with Gasteiger partial charge in [0.25, 0.3) is 0 Å². The standard InChI is InChI=1S/C21H23ClN2O4/c1-26-17-10-13(11-18(27-2)19(17)28-3)20-23-9-5-8-16(23)21(25)24(20)15-7-4-6-14(22)12-15/h4,6-7,10-12,16,20H,5,8-9H2,1-3H3/t16-,20+/m0/s1. The lowest BCUT2D eigenvalue weighted by molar-refractivity contribution is -0.119. The predicted molar refractivity (Wildman–Crippen MR) is 108 cm³/mol. The zero-order chi connectivity index (χ0) is 19.8. The maximum absolute atomic E-state index is 13.3. The quantitative estimate of drug-likeness (QED) is 0.759. The third kappa shape index (κ3) is 2.97. The van der Waals surface area contributed by atoms with Crippen LogP contribution in [0.25, 0.3) is 0 Å². The van der Waals surface area contributed by atoms with Crippen molar-refractivity contribution in [2.75, 3.05) is 32.8 Å². The second-order valence-corrected chi connectivity index (χ2v) is 7.35. The van der Waals surface area contributed by atoms with Crippen molar-refractivity contribution in [1.82, 2.24) is 4.90 Å². The zero-order valence-electron chi connectivity index (χ0n) is 16.1. The second-order valence-electron chi connectivity index (χ2n) is 6.92. The van der Waals surface area contributed by atoms with E-state index in [1.807, 2.05) is 35.2 Å². The van der Waals surface area contributed by atoms with Crippen LogP contribution < -0.4 is 19.1 Å². The fraction of sp³-hybridized carbons (Fsp3) is 0.381. The molecule has 0 saturated carbocycles. The van der Waals surface area contributed by atoms with E-state index < -0.39 is 0 Å². The smallest absolute Gasteiger partial charge is 0.246 e. The van der Waals surface area contributed by atoms with E-state index in [2.05, 4.69) is 4.90 Å². The van der Waals surface area contributed by atoms with Crippen LogP contribution in [0.5, 0.6) is 17.2 Å². The molecule has 0 radical (unpaired) electrons. The molecule has 0 spiro atoms. The van der Waals surface area contributed by atoms with Crippen LogP contribution in [0.2, 0.25) is 5.02 Å². The number of ether oxygens (including phenoxy) is 3. The van der Waals surface area contributed by atoms with Gasteiger partial charge in [-0.25, -0.2) is 0 Å². The van der Waals surface area contributed by atoms with E-state index in [0.29, 0.717) is 22.3 Å². The molecule has 7 heteroatoms. The Hall–Kier alpha value is -2.44. The minimum atomic E-state index is -0.257. The molecule has 0 aromatic heterocycles. The maximum atomic E-state index is 13.3. The number of rotatable bonds is 5. The average Bonchev–Trinajstić information content (AvgIpc) is 3.28. The van der Waals surface area contributed by atoms with Gasteiger partial charge in [0.15, 0.2) is 11.5 Å². The Morgan fingerprint density at radius 3 is 2.36 bits per heavy atom. The fourth-order valence-electron chi connectivity index (χ4n) is 4.26. The number of hydrogen-bond donors (Lipinski definition) is 0. The van der Waals surface area contributed by atoms with Gasteiger partial charge in [-0.3, -0.25) is 14.6 Å². The van der Waals surface area contributed by atoms with Crippen LogP contribution in [0, 0.1) is 0 Å². The van der Waals surface area contributed by atoms with E-state index in [-0.39, 0.29) is 18.1 Å². The van der Waals surface area contributed by atoms with Crippen LogP contribution in [0.1, 0.15) is 24.6 Å². The minimum absolute atomic E-state index is 0.0959. The van der Waals surface area contributed by atoms with Gasteiger partial charge in [-0.05, 0) is 48.7 Å². The topological polar surface area (TPSA) is 51.2 Å². The molecule has 148 valence electrons. The summed E-state index contributed by atoms with van der Waals surface area (Å²) in [4.78, 5) is 17.3. The highest BCUT2D eigenvalue weighted by Gasteiger charge is 2.49. The van der Waals surface area contributed by atoms with Crippen LogP contribution in [-0.2, 0) is 4.79 Å². The minimum Gasteiger partial charge on any atom is -0.493 e. The normalized spacial score (nSPS) is 21.7. The lowest BCUT2D eigenvalue weighted by Gasteiger charge is -2.30. The van der Waals surface area contributed by atoms with Crippen LogP contribution >= 0.6 is 11.6 Å². The fourth-order valence-corrected chi connectivity index (χ4v) is 4.45. The third-order valence-corrected chi connectivity index (χ3v) is 5.68. The number of carbonyl (C=O) groups is 1.